The number of carbonyl (C=O) groups excluding carboxylic acids is 1. The lowest BCUT2D eigenvalue weighted by atomic mass is 10.2. The summed E-state index contributed by atoms with van der Waals surface area (Å²) in [5.74, 6) is 0.00646. The zero-order valence-corrected chi connectivity index (χ0v) is 14.2. The van der Waals surface area contributed by atoms with E-state index >= 15 is 0 Å². The Labute approximate surface area is 144 Å². The van der Waals surface area contributed by atoms with Crippen LogP contribution in [-0.2, 0) is 24.4 Å². The van der Waals surface area contributed by atoms with Crippen LogP contribution in [0, 0.1) is 0 Å². The molecule has 1 amide bonds. The smallest absolute Gasteiger partial charge is 0.234 e. The van der Waals surface area contributed by atoms with Gasteiger partial charge >= 0.3 is 0 Å². The highest BCUT2D eigenvalue weighted by atomic mass is 32.1. The zero-order chi connectivity index (χ0) is 16.9. The van der Waals surface area contributed by atoms with E-state index in [0.717, 1.165) is 30.1 Å². The van der Waals surface area contributed by atoms with Gasteiger partial charge in [-0.05, 0) is 23.9 Å². The Morgan fingerprint density at radius 2 is 2.33 bits per heavy atom. The van der Waals surface area contributed by atoms with Crippen molar-refractivity contribution in [3.63, 3.8) is 0 Å². The van der Waals surface area contributed by atoms with E-state index in [2.05, 4.69) is 15.3 Å². The summed E-state index contributed by atoms with van der Waals surface area (Å²) in [6.07, 6.45) is -0.0615. The van der Waals surface area contributed by atoms with Crippen molar-refractivity contribution in [2.24, 2.45) is 0 Å². The van der Waals surface area contributed by atoms with E-state index in [0.29, 0.717) is 25.3 Å². The fourth-order valence-corrected chi connectivity index (χ4v) is 3.44. The Balaban J connectivity index is 1.56. The highest BCUT2D eigenvalue weighted by Gasteiger charge is 2.20. The number of aliphatic hydroxyl groups is 2. The molecule has 0 saturated heterocycles. The average Bonchev–Trinajstić information content (AvgIpc) is 3.19. The number of aromatic nitrogens is 2. The minimum atomic E-state index is -0.952. The predicted molar refractivity (Wildman–Crippen MR) is 90.3 cm³/mol. The second kappa shape index (κ2) is 7.89. The highest BCUT2D eigenvalue weighted by molar-refractivity contribution is 7.09. The number of thiophene rings is 1. The molecule has 0 aliphatic carbocycles. The lowest BCUT2D eigenvalue weighted by molar-refractivity contribution is -0.122. The van der Waals surface area contributed by atoms with Crippen molar-refractivity contribution < 1.29 is 15.0 Å². The van der Waals surface area contributed by atoms with Crippen LogP contribution in [0.25, 0.3) is 0 Å². The molecule has 2 aromatic heterocycles. The number of carbonyl (C=O) groups is 1. The van der Waals surface area contributed by atoms with Crippen molar-refractivity contribution in [1.82, 2.24) is 20.0 Å². The molecule has 0 fully saturated rings. The van der Waals surface area contributed by atoms with Crippen LogP contribution >= 0.6 is 11.3 Å². The summed E-state index contributed by atoms with van der Waals surface area (Å²) in [6.45, 7) is 2.75. The van der Waals surface area contributed by atoms with Crippen LogP contribution in [-0.4, -0.2) is 50.5 Å². The molecule has 1 aliphatic heterocycles. The van der Waals surface area contributed by atoms with Crippen LogP contribution in [0.1, 0.15) is 28.8 Å². The summed E-state index contributed by atoms with van der Waals surface area (Å²) in [5.41, 5.74) is 1.44. The summed E-state index contributed by atoms with van der Waals surface area (Å²) in [5, 5.41) is 28.1. The van der Waals surface area contributed by atoms with E-state index in [4.69, 9.17) is 5.11 Å². The van der Waals surface area contributed by atoms with Gasteiger partial charge in [-0.15, -0.1) is 11.3 Å². The van der Waals surface area contributed by atoms with Gasteiger partial charge in [-0.25, -0.2) is 0 Å². The van der Waals surface area contributed by atoms with Crippen molar-refractivity contribution in [3.05, 3.63) is 39.8 Å². The lowest BCUT2D eigenvalue weighted by Gasteiger charge is -2.18. The molecule has 3 heterocycles. The van der Waals surface area contributed by atoms with Crippen LogP contribution in [0.5, 0.6) is 0 Å². The van der Waals surface area contributed by atoms with Crippen LogP contribution < -0.4 is 5.32 Å². The van der Waals surface area contributed by atoms with Crippen LogP contribution in [0.15, 0.2) is 23.6 Å². The summed E-state index contributed by atoms with van der Waals surface area (Å²) >= 11 is 1.63. The van der Waals surface area contributed by atoms with Gasteiger partial charge in [0.05, 0.1) is 31.1 Å². The van der Waals surface area contributed by atoms with Crippen LogP contribution in [0.4, 0.5) is 0 Å². The van der Waals surface area contributed by atoms with E-state index in [-0.39, 0.29) is 12.5 Å². The average molecular weight is 350 g/mol. The SMILES string of the molecule is O=C(CN1CCCn2nc([C@H](O)CO)cc2C1)NCc1cccs1. The van der Waals surface area contributed by atoms with Crippen molar-refractivity contribution in [1.29, 1.82) is 0 Å². The maximum Gasteiger partial charge on any atom is 0.234 e. The molecule has 0 aromatic carbocycles. The van der Waals surface area contributed by atoms with Crippen molar-refractivity contribution in [2.75, 3.05) is 19.7 Å². The zero-order valence-electron chi connectivity index (χ0n) is 13.4. The largest absolute Gasteiger partial charge is 0.393 e. The number of nitrogens with zero attached hydrogens (tertiary/aromatic N) is 3. The number of aliphatic hydroxyl groups excluding tert-OH is 2. The first kappa shape index (κ1) is 17.1. The number of amides is 1. The van der Waals surface area contributed by atoms with Gasteiger partial charge in [0.1, 0.15) is 6.10 Å². The number of hydrogen-bond acceptors (Lipinski definition) is 6. The van der Waals surface area contributed by atoms with Gasteiger partial charge in [0.2, 0.25) is 5.91 Å². The first-order valence-corrected chi connectivity index (χ1v) is 8.90. The van der Waals surface area contributed by atoms with Crippen molar-refractivity contribution >= 4 is 17.2 Å². The molecular formula is C16H22N4O3S. The second-order valence-electron chi connectivity index (χ2n) is 5.90. The second-order valence-corrected chi connectivity index (χ2v) is 6.93. The number of fused-ring (bicyclic) bond motifs is 1. The number of nitrogens with one attached hydrogen (secondary N) is 1. The predicted octanol–water partition coefficient (Wildman–Crippen LogP) is 0.492. The molecule has 3 rings (SSSR count). The maximum atomic E-state index is 12.1. The van der Waals surface area contributed by atoms with Gasteiger partial charge in [0, 0.05) is 24.5 Å². The Hall–Kier alpha value is -1.74. The van der Waals surface area contributed by atoms with E-state index in [1.165, 1.54) is 0 Å². The molecule has 1 atom stereocenters. The first-order valence-electron chi connectivity index (χ1n) is 8.02. The molecule has 7 nitrogen and oxygen atoms in total. The Bertz CT molecular complexity index is 671. The molecule has 0 saturated carbocycles. The molecule has 1 aliphatic rings. The van der Waals surface area contributed by atoms with E-state index in [1.54, 1.807) is 11.3 Å². The number of rotatable bonds is 6. The quantitative estimate of drug-likeness (QED) is 0.705. The molecule has 2 aromatic rings. The van der Waals surface area contributed by atoms with Gasteiger partial charge < -0.3 is 15.5 Å². The van der Waals surface area contributed by atoms with Crippen molar-refractivity contribution in [3.8, 4) is 0 Å². The van der Waals surface area contributed by atoms with E-state index < -0.39 is 6.10 Å². The van der Waals surface area contributed by atoms with Crippen LogP contribution in [0.2, 0.25) is 0 Å². The highest BCUT2D eigenvalue weighted by Crippen LogP contribution is 2.17. The van der Waals surface area contributed by atoms with Gasteiger partial charge in [0.25, 0.3) is 0 Å². The lowest BCUT2D eigenvalue weighted by Crippen LogP contribution is -2.36. The van der Waals surface area contributed by atoms with Gasteiger partial charge in [-0.1, -0.05) is 6.07 Å². The Morgan fingerprint density at radius 1 is 1.46 bits per heavy atom. The monoisotopic (exact) mass is 350 g/mol. The standard InChI is InChI=1S/C16H22N4O3S/c21-11-15(22)14-7-12-9-19(4-2-5-20(12)18-14)10-16(23)17-8-13-3-1-6-24-13/h1,3,6-7,15,21-22H,2,4-5,8-11H2,(H,17,23)/t15-/m1/s1. The minimum Gasteiger partial charge on any atom is -0.393 e. The number of aryl methyl sites for hydroxylation is 1. The molecule has 0 unspecified atom stereocenters. The van der Waals surface area contributed by atoms with E-state index in [9.17, 15) is 9.90 Å². The molecule has 0 radical (unpaired) electrons. The third kappa shape index (κ3) is 4.21. The molecule has 3 N–H and O–H groups in total. The van der Waals surface area contributed by atoms with Crippen LogP contribution in [0.3, 0.4) is 0 Å². The molecular weight excluding hydrogens is 328 g/mol. The normalized spacial score (nSPS) is 16.4. The van der Waals surface area contributed by atoms with Gasteiger partial charge in [-0.2, -0.15) is 5.10 Å². The summed E-state index contributed by atoms with van der Waals surface area (Å²) in [7, 11) is 0. The molecule has 24 heavy (non-hydrogen) atoms. The maximum absolute atomic E-state index is 12.1. The fourth-order valence-electron chi connectivity index (χ4n) is 2.80. The molecule has 0 spiro atoms. The first-order chi connectivity index (χ1) is 11.7. The molecule has 0 bridgehead atoms. The van der Waals surface area contributed by atoms with Gasteiger partial charge in [0.15, 0.2) is 0 Å². The topological polar surface area (TPSA) is 90.6 Å². The summed E-state index contributed by atoms with van der Waals surface area (Å²) < 4.78 is 1.86. The number of hydrogen-bond donors (Lipinski definition) is 3. The minimum absolute atomic E-state index is 0.00646. The summed E-state index contributed by atoms with van der Waals surface area (Å²) in [4.78, 5) is 15.4. The van der Waals surface area contributed by atoms with Gasteiger partial charge in [-0.3, -0.25) is 14.4 Å². The molecule has 8 heteroatoms. The molecule has 130 valence electrons. The fraction of sp³-hybridized carbons (Fsp3) is 0.500. The Morgan fingerprint density at radius 3 is 3.08 bits per heavy atom. The third-order valence-corrected chi connectivity index (χ3v) is 4.91. The van der Waals surface area contributed by atoms with E-state index in [1.807, 2.05) is 28.3 Å². The third-order valence-electron chi connectivity index (χ3n) is 4.03. The summed E-state index contributed by atoms with van der Waals surface area (Å²) in [6, 6.07) is 5.78. The van der Waals surface area contributed by atoms with Crippen molar-refractivity contribution in [2.45, 2.75) is 32.2 Å². The Kier molecular flexibility index (Phi) is 5.62.